The Hall–Kier alpha value is -0.590. The molecule has 1 heteroatoms. The van der Waals surface area contributed by atoms with Crippen LogP contribution >= 0.6 is 0 Å². The van der Waals surface area contributed by atoms with Crippen LogP contribution in [0, 0.1) is 28.6 Å². The second-order valence-corrected chi connectivity index (χ2v) is 8.38. The highest BCUT2D eigenvalue weighted by atomic mass is 16.1. The molecule has 0 unspecified atom stereocenters. The van der Waals surface area contributed by atoms with Crippen LogP contribution in [-0.2, 0) is 4.79 Å². The van der Waals surface area contributed by atoms with E-state index in [9.17, 15) is 4.79 Å². The fraction of sp³-hybridized carbons (Fsp3) is 0.842. The van der Waals surface area contributed by atoms with Crippen molar-refractivity contribution in [1.29, 1.82) is 0 Å². The van der Waals surface area contributed by atoms with Crippen LogP contribution in [-0.4, -0.2) is 5.78 Å². The zero-order valence-corrected chi connectivity index (χ0v) is 13.1. The fourth-order valence-electron chi connectivity index (χ4n) is 6.47. The molecule has 20 heavy (non-hydrogen) atoms. The number of fused-ring (bicyclic) bond motifs is 5. The average Bonchev–Trinajstić information content (AvgIpc) is 2.74. The summed E-state index contributed by atoms with van der Waals surface area (Å²) in [5, 5.41) is 0. The molecule has 0 aromatic heterocycles. The molecule has 0 bridgehead atoms. The van der Waals surface area contributed by atoms with Crippen LogP contribution in [0.2, 0.25) is 0 Å². The van der Waals surface area contributed by atoms with Gasteiger partial charge < -0.3 is 0 Å². The monoisotopic (exact) mass is 272 g/mol. The molecule has 0 radical (unpaired) electrons. The van der Waals surface area contributed by atoms with Gasteiger partial charge in [0.15, 0.2) is 0 Å². The van der Waals surface area contributed by atoms with Crippen molar-refractivity contribution in [2.24, 2.45) is 28.6 Å². The second kappa shape index (κ2) is 4.21. The van der Waals surface area contributed by atoms with Gasteiger partial charge in [0.1, 0.15) is 5.78 Å². The normalized spacial score (nSPS) is 51.0. The Morgan fingerprint density at radius 1 is 1.00 bits per heavy atom. The van der Waals surface area contributed by atoms with Gasteiger partial charge in [0.05, 0.1) is 0 Å². The Morgan fingerprint density at radius 2 is 1.80 bits per heavy atom. The van der Waals surface area contributed by atoms with Crippen molar-refractivity contribution in [2.45, 2.75) is 71.6 Å². The second-order valence-electron chi connectivity index (χ2n) is 8.38. The van der Waals surface area contributed by atoms with Gasteiger partial charge in [0, 0.05) is 11.8 Å². The summed E-state index contributed by atoms with van der Waals surface area (Å²) in [6.07, 6.45) is 13.9. The molecule has 3 fully saturated rings. The van der Waals surface area contributed by atoms with Gasteiger partial charge >= 0.3 is 0 Å². The third kappa shape index (κ3) is 1.53. The van der Waals surface area contributed by atoms with Crippen LogP contribution in [0.3, 0.4) is 0 Å². The minimum atomic E-state index is 0.0392. The van der Waals surface area contributed by atoms with Crippen LogP contribution in [0.15, 0.2) is 11.6 Å². The molecule has 3 saturated carbocycles. The molecule has 0 spiro atoms. The lowest BCUT2D eigenvalue weighted by molar-refractivity contribution is -0.131. The molecule has 110 valence electrons. The van der Waals surface area contributed by atoms with Crippen molar-refractivity contribution in [3.63, 3.8) is 0 Å². The first-order valence-corrected chi connectivity index (χ1v) is 8.78. The van der Waals surface area contributed by atoms with E-state index in [1.54, 1.807) is 5.57 Å². The number of allylic oxidation sites excluding steroid dienone is 2. The number of Topliss-reactive ketones (excluding diaryl/α,β-unsaturated/α-hetero) is 1. The van der Waals surface area contributed by atoms with Gasteiger partial charge in [-0.1, -0.05) is 31.9 Å². The predicted molar refractivity (Wildman–Crippen MR) is 81.3 cm³/mol. The van der Waals surface area contributed by atoms with Crippen LogP contribution < -0.4 is 0 Å². The van der Waals surface area contributed by atoms with Gasteiger partial charge in [0.25, 0.3) is 0 Å². The standard InChI is InChI=1S/C19H28O/c1-18-11-4-3-5-13(18)6-7-14-15-8-9-17(20)19(15,2)12-10-16(14)18/h6,14-16H,3-5,7-12H2,1-2H3/t14-,15-,16-,18-,19-/m1/s1. The Balaban J connectivity index is 1.71. The number of carbonyl (C=O) groups is 1. The van der Waals surface area contributed by atoms with Crippen LogP contribution in [0.1, 0.15) is 71.6 Å². The first kappa shape index (κ1) is 13.1. The predicted octanol–water partition coefficient (Wildman–Crippen LogP) is 4.91. The highest BCUT2D eigenvalue weighted by molar-refractivity contribution is 5.87. The Kier molecular flexibility index (Phi) is 2.76. The van der Waals surface area contributed by atoms with Crippen molar-refractivity contribution >= 4 is 5.78 Å². The molecule has 5 atom stereocenters. The summed E-state index contributed by atoms with van der Waals surface area (Å²) in [6.45, 7) is 4.83. The van der Waals surface area contributed by atoms with Crippen LogP contribution in [0.4, 0.5) is 0 Å². The van der Waals surface area contributed by atoms with E-state index in [-0.39, 0.29) is 5.41 Å². The molecule has 0 aliphatic heterocycles. The van der Waals surface area contributed by atoms with E-state index in [4.69, 9.17) is 0 Å². The number of rotatable bonds is 0. The summed E-state index contributed by atoms with van der Waals surface area (Å²) in [4.78, 5) is 12.4. The molecule has 0 N–H and O–H groups in total. The highest BCUT2D eigenvalue weighted by Gasteiger charge is 2.58. The summed E-state index contributed by atoms with van der Waals surface area (Å²) >= 11 is 0. The maximum Gasteiger partial charge on any atom is 0.139 e. The maximum atomic E-state index is 12.4. The molecule has 0 heterocycles. The molecule has 0 aromatic rings. The number of carbonyl (C=O) groups excluding carboxylic acids is 1. The van der Waals surface area contributed by atoms with E-state index < -0.39 is 0 Å². The highest BCUT2D eigenvalue weighted by Crippen LogP contribution is 2.63. The molecule has 4 aliphatic carbocycles. The lowest BCUT2D eigenvalue weighted by Crippen LogP contribution is -2.49. The SMILES string of the molecule is C[C@@]12CC[C@@H]3[C@H](CC=C4CCCC[C@]43C)[C@H]1CCC2=O. The Bertz CT molecular complexity index is 476. The molecule has 0 amide bonds. The molecule has 4 aliphatic rings. The molecule has 0 saturated heterocycles. The average molecular weight is 272 g/mol. The topological polar surface area (TPSA) is 17.1 Å². The third-order valence-electron chi connectivity index (χ3n) is 7.73. The van der Waals surface area contributed by atoms with Gasteiger partial charge in [-0.05, 0) is 68.1 Å². The largest absolute Gasteiger partial charge is 0.299 e. The van der Waals surface area contributed by atoms with Gasteiger partial charge in [-0.25, -0.2) is 0 Å². The fourth-order valence-corrected chi connectivity index (χ4v) is 6.47. The number of hydrogen-bond donors (Lipinski definition) is 0. The molecule has 0 aromatic carbocycles. The van der Waals surface area contributed by atoms with E-state index in [1.807, 2.05) is 0 Å². The first-order valence-electron chi connectivity index (χ1n) is 8.78. The van der Waals surface area contributed by atoms with Crippen LogP contribution in [0.25, 0.3) is 0 Å². The molecular formula is C19H28O. The van der Waals surface area contributed by atoms with Crippen molar-refractivity contribution < 1.29 is 4.79 Å². The van der Waals surface area contributed by atoms with Gasteiger partial charge in [-0.15, -0.1) is 0 Å². The van der Waals surface area contributed by atoms with Crippen LogP contribution in [0.5, 0.6) is 0 Å². The van der Waals surface area contributed by atoms with E-state index in [0.29, 0.717) is 17.1 Å². The van der Waals surface area contributed by atoms with Gasteiger partial charge in [-0.3, -0.25) is 4.79 Å². The van der Waals surface area contributed by atoms with Crippen molar-refractivity contribution in [1.82, 2.24) is 0 Å². The summed E-state index contributed by atoms with van der Waals surface area (Å²) in [5.74, 6) is 2.92. The van der Waals surface area contributed by atoms with E-state index in [2.05, 4.69) is 19.9 Å². The zero-order valence-electron chi connectivity index (χ0n) is 13.1. The van der Waals surface area contributed by atoms with E-state index in [1.165, 1.54) is 51.4 Å². The lowest BCUT2D eigenvalue weighted by atomic mass is 9.48. The zero-order chi connectivity index (χ0) is 14.0. The van der Waals surface area contributed by atoms with Crippen molar-refractivity contribution in [3.05, 3.63) is 11.6 Å². The molecule has 1 nitrogen and oxygen atoms in total. The molecular weight excluding hydrogens is 244 g/mol. The van der Waals surface area contributed by atoms with Gasteiger partial charge in [0.2, 0.25) is 0 Å². The summed E-state index contributed by atoms with van der Waals surface area (Å²) < 4.78 is 0. The van der Waals surface area contributed by atoms with Crippen molar-refractivity contribution in [2.75, 3.05) is 0 Å². The lowest BCUT2D eigenvalue weighted by Gasteiger charge is -2.56. The summed E-state index contributed by atoms with van der Waals surface area (Å²) in [7, 11) is 0. The van der Waals surface area contributed by atoms with E-state index in [0.717, 1.165) is 18.3 Å². The van der Waals surface area contributed by atoms with Crippen molar-refractivity contribution in [3.8, 4) is 0 Å². The smallest absolute Gasteiger partial charge is 0.139 e. The van der Waals surface area contributed by atoms with E-state index >= 15 is 0 Å². The Labute approximate surface area is 123 Å². The number of hydrogen-bond acceptors (Lipinski definition) is 1. The minimum Gasteiger partial charge on any atom is -0.299 e. The van der Waals surface area contributed by atoms with Gasteiger partial charge in [-0.2, -0.15) is 0 Å². The summed E-state index contributed by atoms with van der Waals surface area (Å²) in [5.41, 5.74) is 2.30. The quantitative estimate of drug-likeness (QED) is 0.573. The molecule has 4 rings (SSSR count). The minimum absolute atomic E-state index is 0.0392. The summed E-state index contributed by atoms with van der Waals surface area (Å²) in [6, 6.07) is 0. The third-order valence-corrected chi connectivity index (χ3v) is 7.73. The Morgan fingerprint density at radius 3 is 2.65 bits per heavy atom. The number of ketones is 1. The first-order chi connectivity index (χ1) is 9.56. The maximum absolute atomic E-state index is 12.4.